The number of benzene rings is 1. The highest BCUT2D eigenvalue weighted by Gasteiger charge is 2.06. The third-order valence-electron chi connectivity index (χ3n) is 2.21. The minimum Gasteiger partial charge on any atom is -0.373 e. The van der Waals surface area contributed by atoms with Crippen molar-refractivity contribution in [1.29, 1.82) is 0 Å². The first-order valence-corrected chi connectivity index (χ1v) is 7.04. The number of halogens is 2. The summed E-state index contributed by atoms with van der Waals surface area (Å²) in [5, 5.41) is 0.775. The van der Waals surface area contributed by atoms with Crippen LogP contribution in [0.5, 0.6) is 0 Å². The van der Waals surface area contributed by atoms with Crippen LogP contribution in [0.4, 0.5) is 5.69 Å². The molecule has 1 aromatic rings. The molecule has 0 amide bonds. The van der Waals surface area contributed by atoms with Crippen molar-refractivity contribution >= 4 is 40.7 Å². The zero-order chi connectivity index (χ0) is 11.3. The van der Waals surface area contributed by atoms with E-state index in [-0.39, 0.29) is 0 Å². The fraction of sp³-hybridized carbons (Fsp3) is 0.455. The van der Waals surface area contributed by atoms with Crippen LogP contribution in [0.25, 0.3) is 0 Å². The van der Waals surface area contributed by atoms with Gasteiger partial charge in [-0.05, 0) is 24.0 Å². The summed E-state index contributed by atoms with van der Waals surface area (Å²) >= 11 is 13.7. The van der Waals surface area contributed by atoms with Crippen molar-refractivity contribution in [2.24, 2.45) is 0 Å². The van der Waals surface area contributed by atoms with Crippen LogP contribution >= 0.6 is 35.0 Å². The van der Waals surface area contributed by atoms with E-state index < -0.39 is 0 Å². The second-order valence-electron chi connectivity index (χ2n) is 3.33. The number of alkyl halides is 1. The maximum absolute atomic E-state index is 6.17. The standard InChI is InChI=1S/C11H15Cl2NS/c1-14(5-6-15-2)11-4-3-9(8-12)7-10(11)13/h3-4,7H,5-6,8H2,1-2H3. The van der Waals surface area contributed by atoms with Gasteiger partial charge in [0.1, 0.15) is 0 Å². The Balaban J connectivity index is 2.76. The Labute approximate surface area is 106 Å². The van der Waals surface area contributed by atoms with Gasteiger partial charge in [-0.2, -0.15) is 11.8 Å². The molecule has 0 saturated carbocycles. The number of rotatable bonds is 5. The van der Waals surface area contributed by atoms with E-state index in [9.17, 15) is 0 Å². The van der Waals surface area contributed by atoms with Crippen molar-refractivity contribution in [3.63, 3.8) is 0 Å². The molecule has 0 aliphatic rings. The first-order chi connectivity index (χ1) is 7.19. The van der Waals surface area contributed by atoms with Gasteiger partial charge in [-0.25, -0.2) is 0 Å². The van der Waals surface area contributed by atoms with Gasteiger partial charge in [0.25, 0.3) is 0 Å². The Morgan fingerprint density at radius 2 is 2.13 bits per heavy atom. The Hall–Kier alpha value is -0.0500. The molecule has 4 heteroatoms. The van der Waals surface area contributed by atoms with Crippen molar-refractivity contribution in [3.05, 3.63) is 28.8 Å². The average Bonchev–Trinajstić information content (AvgIpc) is 2.25. The van der Waals surface area contributed by atoms with Gasteiger partial charge in [-0.3, -0.25) is 0 Å². The molecule has 15 heavy (non-hydrogen) atoms. The van der Waals surface area contributed by atoms with E-state index >= 15 is 0 Å². The quantitative estimate of drug-likeness (QED) is 0.742. The third-order valence-corrected chi connectivity index (χ3v) is 3.41. The molecular weight excluding hydrogens is 249 g/mol. The lowest BCUT2D eigenvalue weighted by atomic mass is 10.2. The van der Waals surface area contributed by atoms with Crippen LogP contribution in [0.3, 0.4) is 0 Å². The molecule has 1 aromatic carbocycles. The molecule has 0 atom stereocenters. The molecule has 0 aliphatic carbocycles. The molecule has 0 heterocycles. The average molecular weight is 264 g/mol. The molecule has 0 unspecified atom stereocenters. The second-order valence-corrected chi connectivity index (χ2v) is 4.99. The number of hydrogen-bond donors (Lipinski definition) is 0. The number of thioether (sulfide) groups is 1. The summed E-state index contributed by atoms with van der Waals surface area (Å²) < 4.78 is 0. The topological polar surface area (TPSA) is 3.24 Å². The molecule has 0 aliphatic heterocycles. The molecule has 1 nitrogen and oxygen atoms in total. The first kappa shape index (κ1) is 13.0. The zero-order valence-electron chi connectivity index (χ0n) is 8.96. The van der Waals surface area contributed by atoms with Crippen molar-refractivity contribution in [2.45, 2.75) is 5.88 Å². The molecule has 84 valence electrons. The smallest absolute Gasteiger partial charge is 0.0642 e. The molecular formula is C11H15Cl2NS. The summed E-state index contributed by atoms with van der Waals surface area (Å²) in [7, 11) is 2.05. The maximum Gasteiger partial charge on any atom is 0.0642 e. The highest BCUT2D eigenvalue weighted by molar-refractivity contribution is 7.98. The van der Waals surface area contributed by atoms with Crippen molar-refractivity contribution in [1.82, 2.24) is 0 Å². The fourth-order valence-corrected chi connectivity index (χ4v) is 2.26. The molecule has 0 radical (unpaired) electrons. The molecule has 0 saturated heterocycles. The Morgan fingerprint density at radius 3 is 2.67 bits per heavy atom. The molecule has 0 spiro atoms. The van der Waals surface area contributed by atoms with Gasteiger partial charge in [0.15, 0.2) is 0 Å². The normalized spacial score (nSPS) is 10.4. The van der Waals surface area contributed by atoms with Crippen LogP contribution < -0.4 is 4.90 Å². The maximum atomic E-state index is 6.17. The lowest BCUT2D eigenvalue weighted by molar-refractivity contribution is 0.977. The highest BCUT2D eigenvalue weighted by Crippen LogP contribution is 2.26. The van der Waals surface area contributed by atoms with E-state index in [0.717, 1.165) is 28.6 Å². The van der Waals surface area contributed by atoms with Crippen LogP contribution in [-0.4, -0.2) is 25.6 Å². The lowest BCUT2D eigenvalue weighted by Gasteiger charge is -2.20. The second kappa shape index (κ2) is 6.51. The summed E-state index contributed by atoms with van der Waals surface area (Å²) in [4.78, 5) is 2.16. The summed E-state index contributed by atoms with van der Waals surface area (Å²) in [6, 6.07) is 5.98. The van der Waals surface area contributed by atoms with Gasteiger partial charge in [0.05, 0.1) is 10.7 Å². The summed E-state index contributed by atoms with van der Waals surface area (Å²) in [5.41, 5.74) is 2.13. The highest BCUT2D eigenvalue weighted by atomic mass is 35.5. The molecule has 0 fully saturated rings. The summed E-state index contributed by atoms with van der Waals surface area (Å²) in [5.74, 6) is 1.61. The number of nitrogens with zero attached hydrogens (tertiary/aromatic N) is 1. The zero-order valence-corrected chi connectivity index (χ0v) is 11.3. The lowest BCUT2D eigenvalue weighted by Crippen LogP contribution is -2.20. The van der Waals surface area contributed by atoms with Gasteiger partial charge in [0, 0.05) is 25.2 Å². The van der Waals surface area contributed by atoms with Gasteiger partial charge in [-0.15, -0.1) is 11.6 Å². The predicted octanol–water partition coefficient (Wildman–Crippen LogP) is 3.88. The Bertz CT molecular complexity index is 317. The van der Waals surface area contributed by atoms with Crippen molar-refractivity contribution in [3.8, 4) is 0 Å². The van der Waals surface area contributed by atoms with Crippen LogP contribution in [-0.2, 0) is 5.88 Å². The Kier molecular flexibility index (Phi) is 5.65. The summed E-state index contributed by atoms with van der Waals surface area (Å²) in [6.07, 6.45) is 2.10. The molecule has 0 aromatic heterocycles. The largest absolute Gasteiger partial charge is 0.373 e. The van der Waals surface area contributed by atoms with Crippen LogP contribution in [0.2, 0.25) is 5.02 Å². The van der Waals surface area contributed by atoms with Gasteiger partial charge < -0.3 is 4.90 Å². The van der Waals surface area contributed by atoms with Crippen molar-refractivity contribution in [2.75, 3.05) is 30.5 Å². The van der Waals surface area contributed by atoms with Crippen LogP contribution in [0.1, 0.15) is 5.56 Å². The van der Waals surface area contributed by atoms with Crippen LogP contribution in [0.15, 0.2) is 18.2 Å². The van der Waals surface area contributed by atoms with E-state index in [0.29, 0.717) is 5.88 Å². The Morgan fingerprint density at radius 1 is 1.40 bits per heavy atom. The van der Waals surface area contributed by atoms with Gasteiger partial charge in [0.2, 0.25) is 0 Å². The van der Waals surface area contributed by atoms with Crippen LogP contribution in [0, 0.1) is 0 Å². The first-order valence-electron chi connectivity index (χ1n) is 4.73. The fourth-order valence-electron chi connectivity index (χ4n) is 1.29. The minimum atomic E-state index is 0.508. The number of hydrogen-bond acceptors (Lipinski definition) is 2. The predicted molar refractivity (Wildman–Crippen MR) is 72.7 cm³/mol. The third kappa shape index (κ3) is 3.78. The van der Waals surface area contributed by atoms with Gasteiger partial charge in [-0.1, -0.05) is 17.7 Å². The summed E-state index contributed by atoms with van der Waals surface area (Å²) in [6.45, 7) is 1.00. The van der Waals surface area contributed by atoms with E-state index in [1.165, 1.54) is 0 Å². The monoisotopic (exact) mass is 263 g/mol. The van der Waals surface area contributed by atoms with E-state index in [1.807, 2.05) is 30.0 Å². The molecule has 1 rings (SSSR count). The van der Waals surface area contributed by atoms with E-state index in [2.05, 4.69) is 18.2 Å². The van der Waals surface area contributed by atoms with Gasteiger partial charge >= 0.3 is 0 Å². The molecule has 0 N–H and O–H groups in total. The van der Waals surface area contributed by atoms with E-state index in [1.54, 1.807) is 0 Å². The van der Waals surface area contributed by atoms with E-state index in [4.69, 9.17) is 23.2 Å². The number of anilines is 1. The SMILES string of the molecule is CSCCN(C)c1ccc(CCl)cc1Cl. The molecule has 0 bridgehead atoms. The van der Waals surface area contributed by atoms with Crippen molar-refractivity contribution < 1.29 is 0 Å². The minimum absolute atomic E-state index is 0.508.